The molecule has 0 aliphatic heterocycles. The number of nitrogens with zero attached hydrogens (tertiary/aromatic N) is 3. The van der Waals surface area contributed by atoms with Crippen molar-refractivity contribution in [1.29, 1.82) is 5.26 Å². The highest BCUT2D eigenvalue weighted by Crippen LogP contribution is 2.31. The molecule has 17 heavy (non-hydrogen) atoms. The van der Waals surface area contributed by atoms with E-state index in [1.54, 1.807) is 32.2 Å². The van der Waals surface area contributed by atoms with Crippen LogP contribution in [0.5, 0.6) is 5.75 Å². The molecule has 1 heterocycles. The lowest BCUT2D eigenvalue weighted by atomic mass is 10.2. The predicted molar refractivity (Wildman–Crippen MR) is 60.9 cm³/mol. The molecule has 2 aromatic rings. The summed E-state index contributed by atoms with van der Waals surface area (Å²) in [5.74, 6) is 1.18. The lowest BCUT2D eigenvalue weighted by Gasteiger charge is -2.03. The zero-order chi connectivity index (χ0) is 12.3. The second-order valence-electron chi connectivity index (χ2n) is 3.16. The van der Waals surface area contributed by atoms with Crippen LogP contribution in [0.4, 0.5) is 0 Å². The molecule has 2 rings (SSSR count). The van der Waals surface area contributed by atoms with Crippen LogP contribution in [0.2, 0.25) is 0 Å². The van der Waals surface area contributed by atoms with Crippen LogP contribution in [0.3, 0.4) is 0 Å². The van der Waals surface area contributed by atoms with Crippen LogP contribution < -0.4 is 4.74 Å². The van der Waals surface area contributed by atoms with E-state index < -0.39 is 0 Å². The largest absolute Gasteiger partial charge is 0.497 e. The highest BCUT2D eigenvalue weighted by atomic mass is 32.2. The lowest BCUT2D eigenvalue weighted by molar-refractivity contribution is 0.413. The molecule has 0 saturated heterocycles. The summed E-state index contributed by atoms with van der Waals surface area (Å²) in [5, 5.41) is 17.0. The van der Waals surface area contributed by atoms with Gasteiger partial charge in [-0.15, -0.1) is 10.2 Å². The fourth-order valence-electron chi connectivity index (χ4n) is 1.22. The summed E-state index contributed by atoms with van der Waals surface area (Å²) in [4.78, 5) is 0.732. The van der Waals surface area contributed by atoms with Gasteiger partial charge in [0.05, 0.1) is 12.7 Å². The number of hydrogen-bond acceptors (Lipinski definition) is 6. The normalized spacial score (nSPS) is 9.94. The fraction of sp³-hybridized carbons (Fsp3) is 0.182. The number of benzene rings is 1. The molecule has 1 aromatic heterocycles. The molecule has 0 radical (unpaired) electrons. The zero-order valence-electron chi connectivity index (χ0n) is 9.30. The van der Waals surface area contributed by atoms with Gasteiger partial charge in [-0.3, -0.25) is 0 Å². The van der Waals surface area contributed by atoms with E-state index >= 15 is 0 Å². The Labute approximate surface area is 102 Å². The van der Waals surface area contributed by atoms with Crippen molar-refractivity contribution >= 4 is 11.8 Å². The van der Waals surface area contributed by atoms with Crippen molar-refractivity contribution in [2.75, 3.05) is 7.11 Å². The van der Waals surface area contributed by atoms with Crippen molar-refractivity contribution in [2.24, 2.45) is 0 Å². The van der Waals surface area contributed by atoms with Gasteiger partial charge in [0.2, 0.25) is 5.89 Å². The number of methoxy groups -OCH3 is 1. The Morgan fingerprint density at radius 3 is 2.82 bits per heavy atom. The molecule has 5 nitrogen and oxygen atoms in total. The first-order valence-electron chi connectivity index (χ1n) is 4.79. The van der Waals surface area contributed by atoms with Crippen LogP contribution in [0.25, 0.3) is 0 Å². The number of rotatable bonds is 3. The third-order valence-electron chi connectivity index (χ3n) is 2.01. The van der Waals surface area contributed by atoms with Crippen molar-refractivity contribution in [3.8, 4) is 11.8 Å². The maximum Gasteiger partial charge on any atom is 0.281 e. The van der Waals surface area contributed by atoms with Crippen LogP contribution in [0, 0.1) is 18.3 Å². The Balaban J connectivity index is 2.33. The van der Waals surface area contributed by atoms with E-state index in [1.165, 1.54) is 11.8 Å². The van der Waals surface area contributed by atoms with E-state index in [2.05, 4.69) is 16.3 Å². The van der Waals surface area contributed by atoms with Gasteiger partial charge in [0.25, 0.3) is 5.22 Å². The molecule has 6 heteroatoms. The predicted octanol–water partition coefficient (Wildman–Crippen LogP) is 2.41. The topological polar surface area (TPSA) is 71.9 Å². The Hall–Kier alpha value is -2.00. The third kappa shape index (κ3) is 2.57. The van der Waals surface area contributed by atoms with E-state index in [-0.39, 0.29) is 0 Å². The maximum atomic E-state index is 8.99. The number of aryl methyl sites for hydroxylation is 1. The van der Waals surface area contributed by atoms with Gasteiger partial charge in [-0.2, -0.15) is 5.26 Å². The molecule has 0 amide bonds. The van der Waals surface area contributed by atoms with E-state index in [1.807, 2.05) is 0 Å². The van der Waals surface area contributed by atoms with Gasteiger partial charge in [-0.05, 0) is 30.0 Å². The molecule has 0 atom stereocenters. The zero-order valence-corrected chi connectivity index (χ0v) is 10.1. The van der Waals surface area contributed by atoms with E-state index in [0.29, 0.717) is 22.4 Å². The summed E-state index contributed by atoms with van der Waals surface area (Å²) in [7, 11) is 1.58. The van der Waals surface area contributed by atoms with Gasteiger partial charge >= 0.3 is 0 Å². The highest BCUT2D eigenvalue weighted by Gasteiger charge is 2.10. The Kier molecular flexibility index (Phi) is 3.30. The minimum atomic E-state index is 0.409. The summed E-state index contributed by atoms with van der Waals surface area (Å²) in [6, 6.07) is 7.31. The first-order chi connectivity index (χ1) is 8.22. The Morgan fingerprint density at radius 2 is 2.24 bits per heavy atom. The summed E-state index contributed by atoms with van der Waals surface area (Å²) in [6.45, 7) is 1.72. The van der Waals surface area contributed by atoms with Crippen molar-refractivity contribution < 1.29 is 9.15 Å². The molecule has 0 spiro atoms. The van der Waals surface area contributed by atoms with Gasteiger partial charge in [-0.25, -0.2) is 0 Å². The van der Waals surface area contributed by atoms with Gasteiger partial charge in [0.15, 0.2) is 0 Å². The standard InChI is InChI=1S/C11H9N3O2S/c1-7-13-14-11(16-7)17-10-5-9(15-2)4-3-8(10)6-12/h3-5H,1-2H3. The Bertz CT molecular complexity index is 574. The van der Waals surface area contributed by atoms with Crippen molar-refractivity contribution in [3.05, 3.63) is 29.7 Å². The van der Waals surface area contributed by atoms with E-state index in [0.717, 1.165) is 4.90 Å². The molecular formula is C11H9N3O2S. The molecule has 86 valence electrons. The molecule has 1 aromatic carbocycles. The quantitative estimate of drug-likeness (QED) is 0.829. The second-order valence-corrected chi connectivity index (χ2v) is 4.16. The highest BCUT2D eigenvalue weighted by molar-refractivity contribution is 7.99. The first kappa shape index (κ1) is 11.5. The summed E-state index contributed by atoms with van der Waals surface area (Å²) in [6.07, 6.45) is 0. The monoisotopic (exact) mass is 247 g/mol. The Morgan fingerprint density at radius 1 is 1.41 bits per heavy atom. The molecule has 0 aliphatic rings. The van der Waals surface area contributed by atoms with Gasteiger partial charge in [-0.1, -0.05) is 0 Å². The van der Waals surface area contributed by atoms with E-state index in [9.17, 15) is 0 Å². The van der Waals surface area contributed by atoms with Crippen LogP contribution in [-0.4, -0.2) is 17.3 Å². The van der Waals surface area contributed by atoms with Gasteiger partial charge < -0.3 is 9.15 Å². The summed E-state index contributed by atoms with van der Waals surface area (Å²) < 4.78 is 10.4. The van der Waals surface area contributed by atoms with Crippen molar-refractivity contribution in [3.63, 3.8) is 0 Å². The maximum absolute atomic E-state index is 8.99. The molecular weight excluding hydrogens is 238 g/mol. The summed E-state index contributed by atoms with van der Waals surface area (Å²) >= 11 is 1.25. The molecule has 0 aliphatic carbocycles. The van der Waals surface area contributed by atoms with Gasteiger partial charge in [0, 0.05) is 11.8 Å². The van der Waals surface area contributed by atoms with Crippen LogP contribution in [0.15, 0.2) is 32.7 Å². The first-order valence-corrected chi connectivity index (χ1v) is 5.60. The van der Waals surface area contributed by atoms with Crippen LogP contribution in [0.1, 0.15) is 11.5 Å². The average molecular weight is 247 g/mol. The van der Waals surface area contributed by atoms with Crippen molar-refractivity contribution in [2.45, 2.75) is 17.0 Å². The number of nitriles is 1. The smallest absolute Gasteiger partial charge is 0.281 e. The third-order valence-corrected chi connectivity index (χ3v) is 2.91. The molecule has 0 fully saturated rings. The minimum Gasteiger partial charge on any atom is -0.497 e. The molecule has 0 N–H and O–H groups in total. The molecule has 0 bridgehead atoms. The van der Waals surface area contributed by atoms with Crippen LogP contribution in [-0.2, 0) is 0 Å². The molecule has 0 saturated carbocycles. The SMILES string of the molecule is COc1ccc(C#N)c(Sc2nnc(C)o2)c1. The number of aromatic nitrogens is 2. The lowest BCUT2D eigenvalue weighted by Crippen LogP contribution is -1.86. The summed E-state index contributed by atoms with van der Waals surface area (Å²) in [5.41, 5.74) is 0.548. The fourth-order valence-corrected chi connectivity index (χ4v) is 2.05. The van der Waals surface area contributed by atoms with E-state index in [4.69, 9.17) is 14.4 Å². The van der Waals surface area contributed by atoms with Gasteiger partial charge in [0.1, 0.15) is 11.8 Å². The van der Waals surface area contributed by atoms with Crippen LogP contribution >= 0.6 is 11.8 Å². The second kappa shape index (κ2) is 4.89. The number of ether oxygens (including phenoxy) is 1. The average Bonchev–Trinajstić information content (AvgIpc) is 2.74. The van der Waals surface area contributed by atoms with Crippen molar-refractivity contribution in [1.82, 2.24) is 10.2 Å². The molecule has 0 unspecified atom stereocenters. The minimum absolute atomic E-state index is 0.409. The number of hydrogen-bond donors (Lipinski definition) is 0.